The first-order chi connectivity index (χ1) is 35.1. The van der Waals surface area contributed by atoms with Crippen LogP contribution in [-0.4, -0.2) is 233 Å². The minimum atomic E-state index is -2.07. The third-order valence-electron chi connectivity index (χ3n) is 21.3. The number of ether oxygens (including phenoxy) is 8. The highest BCUT2D eigenvalue weighted by molar-refractivity contribution is 5.73. The lowest BCUT2D eigenvalue weighted by Crippen LogP contribution is -2.69. The molecule has 0 aromatic carbocycles. The molecule has 4 saturated carbocycles. The van der Waals surface area contributed by atoms with Crippen molar-refractivity contribution >= 4 is 5.97 Å². The van der Waals surface area contributed by atoms with Gasteiger partial charge in [0, 0.05) is 16.2 Å². The summed E-state index contributed by atoms with van der Waals surface area (Å²) >= 11 is 0. The molecular weight excluding hydrogens is 993 g/mol. The van der Waals surface area contributed by atoms with Crippen LogP contribution in [-0.2, 0) is 42.7 Å². The summed E-state index contributed by atoms with van der Waals surface area (Å²) in [5.74, 6) is -1.89. The Bertz CT molecular complexity index is 2090. The molecular formula is C52H84O23. The molecule has 0 bridgehead atoms. The van der Waals surface area contributed by atoms with Gasteiger partial charge in [-0.15, -0.1) is 0 Å². The summed E-state index contributed by atoms with van der Waals surface area (Å²) in [6.45, 7) is 12.7. The van der Waals surface area contributed by atoms with E-state index in [1.165, 1.54) is 12.5 Å². The number of aliphatic hydroxyl groups is 13. The molecule has 0 unspecified atom stereocenters. The van der Waals surface area contributed by atoms with Crippen molar-refractivity contribution in [1.82, 2.24) is 0 Å². The Morgan fingerprint density at radius 2 is 1.24 bits per heavy atom. The van der Waals surface area contributed by atoms with Crippen LogP contribution in [0.25, 0.3) is 0 Å². The fourth-order valence-corrected chi connectivity index (χ4v) is 16.1. The second-order valence-electron chi connectivity index (χ2n) is 25.3. The van der Waals surface area contributed by atoms with Gasteiger partial charge in [0.1, 0.15) is 73.2 Å². The lowest BCUT2D eigenvalue weighted by molar-refractivity contribution is -0.387. The molecule has 9 aliphatic rings. The topological polar surface area (TPSA) is 374 Å². The Kier molecular flexibility index (Phi) is 16.0. The molecule has 0 spiro atoms. The lowest BCUT2D eigenvalue weighted by atomic mass is 9.33. The Hall–Kier alpha value is -1.63. The zero-order valence-electron chi connectivity index (χ0n) is 43.9. The normalized spacial score (nSPS) is 57.1. The highest BCUT2D eigenvalue weighted by atomic mass is 16.8. The van der Waals surface area contributed by atoms with E-state index in [1.807, 2.05) is 13.8 Å². The summed E-state index contributed by atoms with van der Waals surface area (Å²) in [5, 5.41) is 153. The molecule has 9 rings (SSSR count). The molecule has 23 nitrogen and oxygen atoms in total. The second kappa shape index (κ2) is 20.7. The third kappa shape index (κ3) is 9.11. The maximum atomic E-state index is 12.5. The average molecular weight is 1080 g/mol. The summed E-state index contributed by atoms with van der Waals surface area (Å²) in [5.41, 5.74) is -2.58. The number of aliphatic hydroxyl groups excluding tert-OH is 13. The molecule has 0 aromatic rings. The molecule has 4 aliphatic heterocycles. The van der Waals surface area contributed by atoms with Gasteiger partial charge >= 0.3 is 5.97 Å². The van der Waals surface area contributed by atoms with Crippen LogP contribution in [0.5, 0.6) is 0 Å². The van der Waals surface area contributed by atoms with Crippen LogP contribution in [0.4, 0.5) is 0 Å². The standard InChI is InChI=1S/C52H84O23/c1-21-29(57)32(60)36(64)44(70-21)73-38-31(59)25(56)18-69-45(38)74-39-34(62)33(61)37(42(66)67)72-46(39)71-28-11-12-49(4)26(50(28,5)20-54)10-13-52(7)27(49)9-8-22-23-16-47(2,19-53)40(65)41(48(23,3)14-15-51(22,52)6)75-43-35(63)30(58)24(55)17-68-43/h8,21,23-41,43-46,53-65H,9-20H2,1-7H3,(H,66,67)/t21-,23-,24+,25+,26+,27+,28-,29-,30+,31-,32+,33-,34-,35-,36+,37-,38+,39+,40+,41+,43-,44-,45-,46+,47+,48+,49-,50+,51+,52+/m0/s1. The smallest absolute Gasteiger partial charge is 0.335 e. The van der Waals surface area contributed by atoms with Gasteiger partial charge in [0.15, 0.2) is 31.3 Å². The van der Waals surface area contributed by atoms with Gasteiger partial charge in [0.25, 0.3) is 0 Å². The Morgan fingerprint density at radius 1 is 0.613 bits per heavy atom. The van der Waals surface area contributed by atoms with Gasteiger partial charge < -0.3 is 109 Å². The molecule has 30 atom stereocenters. The van der Waals surface area contributed by atoms with Crippen LogP contribution < -0.4 is 0 Å². The largest absolute Gasteiger partial charge is 0.479 e. The fourth-order valence-electron chi connectivity index (χ4n) is 16.1. The van der Waals surface area contributed by atoms with Crippen molar-refractivity contribution in [2.75, 3.05) is 26.4 Å². The van der Waals surface area contributed by atoms with Crippen molar-refractivity contribution in [2.45, 2.75) is 229 Å². The Balaban J connectivity index is 0.979. The first-order valence-electron chi connectivity index (χ1n) is 26.9. The molecule has 4 heterocycles. The number of carboxylic acid groups (broad SMARTS) is 1. The number of fused-ring (bicyclic) bond motifs is 7. The molecule has 5 aliphatic carbocycles. The molecule has 8 fully saturated rings. The van der Waals surface area contributed by atoms with Crippen LogP contribution in [0.2, 0.25) is 0 Å². The van der Waals surface area contributed by atoms with Crippen LogP contribution in [0.1, 0.15) is 99.8 Å². The maximum absolute atomic E-state index is 12.5. The Morgan fingerprint density at radius 3 is 1.89 bits per heavy atom. The van der Waals surface area contributed by atoms with Gasteiger partial charge in [-0.25, -0.2) is 4.79 Å². The molecule has 23 heteroatoms. The summed E-state index contributed by atoms with van der Waals surface area (Å²) in [6, 6.07) is 0. The van der Waals surface area contributed by atoms with E-state index in [2.05, 4.69) is 33.8 Å². The number of rotatable bonds is 11. The maximum Gasteiger partial charge on any atom is 0.335 e. The van der Waals surface area contributed by atoms with Crippen LogP contribution >= 0.6 is 0 Å². The summed E-state index contributed by atoms with van der Waals surface area (Å²) < 4.78 is 48.3. The predicted molar refractivity (Wildman–Crippen MR) is 254 cm³/mol. The SMILES string of the molecule is C[C@@H]1O[C@@H](O[C@H]2[C@H](O[C@H]3[C@H](O[C@H]4CC[C@@]5(C)[C@@H](CC[C@]6(C)[C@@H]5CC=C5[C@@H]7C[C@](C)(CO)[C@H](O)[C@@H](O[C@@H]8OC[C@@H](O)[C@@H](O)[C@@H]8O)[C@]7(C)CC[C@]56C)[C@@]4(C)CO)O[C@H](C(=O)O)[C@@H](O)[C@@H]3O)OC[C@@H](O)[C@@H]2O)[C@H](O)[C@H](O)[C@H]1O. The zero-order valence-corrected chi connectivity index (χ0v) is 43.9. The average Bonchev–Trinajstić information content (AvgIpc) is 3.37. The van der Waals surface area contributed by atoms with Gasteiger partial charge in [-0.2, -0.15) is 0 Å². The fraction of sp³-hybridized carbons (Fsp3) is 0.942. The molecule has 0 radical (unpaired) electrons. The number of carboxylic acids is 1. The van der Waals surface area contributed by atoms with Gasteiger partial charge in [0.05, 0.1) is 50.8 Å². The molecule has 4 saturated heterocycles. The quantitative estimate of drug-likeness (QED) is 0.0768. The summed E-state index contributed by atoms with van der Waals surface area (Å²) in [4.78, 5) is 12.5. The lowest BCUT2D eigenvalue weighted by Gasteiger charge is -2.72. The second-order valence-corrected chi connectivity index (χ2v) is 25.3. The highest BCUT2D eigenvalue weighted by Crippen LogP contribution is 2.76. The van der Waals surface area contributed by atoms with Crippen LogP contribution in [0, 0.1) is 50.2 Å². The molecule has 75 heavy (non-hydrogen) atoms. The number of hydrogen-bond donors (Lipinski definition) is 14. The van der Waals surface area contributed by atoms with E-state index in [9.17, 15) is 76.3 Å². The third-order valence-corrected chi connectivity index (χ3v) is 21.3. The first kappa shape index (κ1) is 58.0. The predicted octanol–water partition coefficient (Wildman–Crippen LogP) is -2.25. The van der Waals surface area contributed by atoms with E-state index >= 15 is 0 Å². The van der Waals surface area contributed by atoms with Gasteiger partial charge in [-0.05, 0) is 92.3 Å². The minimum Gasteiger partial charge on any atom is -0.479 e. The molecule has 0 amide bonds. The van der Waals surface area contributed by atoms with Crippen LogP contribution in [0.3, 0.4) is 0 Å². The van der Waals surface area contributed by atoms with E-state index in [0.29, 0.717) is 44.9 Å². The van der Waals surface area contributed by atoms with Gasteiger partial charge in [-0.3, -0.25) is 0 Å². The monoisotopic (exact) mass is 1080 g/mol. The van der Waals surface area contributed by atoms with Crippen molar-refractivity contribution in [1.29, 1.82) is 0 Å². The summed E-state index contributed by atoms with van der Waals surface area (Å²) in [7, 11) is 0. The van der Waals surface area contributed by atoms with Crippen molar-refractivity contribution in [3.8, 4) is 0 Å². The minimum absolute atomic E-state index is 0.0781. The van der Waals surface area contributed by atoms with E-state index in [4.69, 9.17) is 37.9 Å². The van der Waals surface area contributed by atoms with Crippen molar-refractivity contribution < 1.29 is 114 Å². The van der Waals surface area contributed by atoms with E-state index < -0.39 is 163 Å². The first-order valence-corrected chi connectivity index (χ1v) is 26.9. The Labute approximate surface area is 436 Å². The zero-order chi connectivity index (χ0) is 54.9. The number of allylic oxidation sites excluding steroid dienone is 2. The van der Waals surface area contributed by atoms with Crippen molar-refractivity contribution in [2.24, 2.45) is 50.2 Å². The van der Waals surface area contributed by atoms with Crippen molar-refractivity contribution in [3.63, 3.8) is 0 Å². The molecule has 0 aromatic heterocycles. The van der Waals surface area contributed by atoms with Crippen LogP contribution in [0.15, 0.2) is 11.6 Å². The van der Waals surface area contributed by atoms with E-state index in [-0.39, 0.29) is 48.4 Å². The van der Waals surface area contributed by atoms with E-state index in [1.54, 1.807) is 0 Å². The number of carbonyl (C=O) groups is 1. The summed E-state index contributed by atoms with van der Waals surface area (Å²) in [6.07, 6.45) is -25.7. The molecule has 430 valence electrons. The van der Waals surface area contributed by atoms with Gasteiger partial charge in [0.2, 0.25) is 0 Å². The highest BCUT2D eigenvalue weighted by Gasteiger charge is 2.71. The van der Waals surface area contributed by atoms with E-state index in [0.717, 1.165) is 6.42 Å². The van der Waals surface area contributed by atoms with Crippen molar-refractivity contribution in [3.05, 3.63) is 11.6 Å². The number of aliphatic carboxylic acids is 1. The van der Waals surface area contributed by atoms with Gasteiger partial charge in [-0.1, -0.05) is 53.2 Å². The molecule has 14 N–H and O–H groups in total. The number of hydrogen-bond acceptors (Lipinski definition) is 22.